The summed E-state index contributed by atoms with van der Waals surface area (Å²) in [6, 6.07) is 49.1. The van der Waals surface area contributed by atoms with Crippen molar-refractivity contribution in [2.45, 2.75) is 0 Å². The Hall–Kier alpha value is -8.61. The first-order chi connectivity index (χ1) is 34.6. The highest BCUT2D eigenvalue weighted by molar-refractivity contribution is 6.19. The number of fused-ring (bicyclic) bond motifs is 9. The largest absolute Gasteiger partial charge is 0.455 e. The van der Waals surface area contributed by atoms with E-state index in [0.717, 1.165) is 33.0 Å². The van der Waals surface area contributed by atoms with Crippen LogP contribution in [0.3, 0.4) is 0 Å². The third-order valence-corrected chi connectivity index (χ3v) is 11.7. The van der Waals surface area contributed by atoms with E-state index in [9.17, 15) is 8.22 Å². The van der Waals surface area contributed by atoms with Crippen molar-refractivity contribution < 1.29 is 15.4 Å². The van der Waals surface area contributed by atoms with Crippen LogP contribution in [0.2, 0.25) is 0 Å². The fourth-order valence-corrected chi connectivity index (χ4v) is 8.86. The van der Waals surface area contributed by atoms with Crippen LogP contribution in [0.25, 0.3) is 122 Å². The van der Waals surface area contributed by atoms with Gasteiger partial charge in [-0.1, -0.05) is 158 Å². The van der Waals surface area contributed by atoms with Crippen LogP contribution in [0.1, 0.15) is 11.0 Å². The van der Waals surface area contributed by atoms with Crippen LogP contribution in [-0.4, -0.2) is 24.1 Å². The van der Waals surface area contributed by atoms with E-state index in [4.69, 9.17) is 22.1 Å². The Morgan fingerprint density at radius 2 is 0.984 bits per heavy atom. The van der Waals surface area contributed by atoms with Crippen LogP contribution in [0.15, 0.2) is 217 Å². The van der Waals surface area contributed by atoms with Gasteiger partial charge in [0.15, 0.2) is 17.5 Å². The lowest BCUT2D eigenvalue weighted by atomic mass is 9.99. The Balaban J connectivity index is 1.23. The van der Waals surface area contributed by atoms with E-state index in [1.807, 2.05) is 152 Å². The normalized spacial score (nSPS) is 13.6. The van der Waals surface area contributed by atoms with Gasteiger partial charge in [0.2, 0.25) is 0 Å². The molecule has 0 N–H and O–H groups in total. The SMILES string of the molecule is [2H]c1cc([2H])c2c(c1[2H])c1c([2H])c3c4c([2H])c([2H])cc([2H])c4n(-c4cc(-c5cccc6c5oc5ccccc56)ccc4-c4nc(-c5ccccc5)nc(-c5ccccc5)n4)c3c([2H])c1n2-c1ccccc1. The number of nitrogens with zero attached hydrogens (tertiary/aromatic N) is 5. The second-order valence-electron chi connectivity index (χ2n) is 15.3. The molecule has 0 aliphatic heterocycles. The van der Waals surface area contributed by atoms with E-state index in [2.05, 4.69) is 0 Å². The Morgan fingerprint density at radius 1 is 0.397 bits per heavy atom. The Bertz CT molecular complexity index is 4320. The summed E-state index contributed by atoms with van der Waals surface area (Å²) in [7, 11) is 0. The lowest BCUT2D eigenvalue weighted by Gasteiger charge is -2.17. The predicted octanol–water partition coefficient (Wildman–Crippen LogP) is 14.6. The van der Waals surface area contributed by atoms with Gasteiger partial charge in [0.1, 0.15) is 11.2 Å². The van der Waals surface area contributed by atoms with Crippen molar-refractivity contribution in [1.82, 2.24) is 24.1 Å². The first-order valence-corrected chi connectivity index (χ1v) is 20.5. The number of furan rings is 1. The van der Waals surface area contributed by atoms with Crippen LogP contribution in [-0.2, 0) is 0 Å². The molecule has 13 rings (SSSR count). The van der Waals surface area contributed by atoms with E-state index in [1.54, 1.807) is 9.13 Å². The van der Waals surface area contributed by atoms with Gasteiger partial charge in [0.05, 0.1) is 38.7 Å². The third-order valence-electron chi connectivity index (χ3n) is 11.7. The molecular weight excluding hydrogens is 771 g/mol. The maximum atomic E-state index is 10.5. The number of aromatic nitrogens is 5. The highest BCUT2D eigenvalue weighted by Gasteiger charge is 2.23. The monoisotopic (exact) mass is 813 g/mol. The zero-order chi connectivity index (χ0) is 48.4. The minimum absolute atomic E-state index is 0.0617. The summed E-state index contributed by atoms with van der Waals surface area (Å²) in [5.41, 5.74) is 6.53. The number of para-hydroxylation sites is 5. The van der Waals surface area contributed by atoms with Crippen LogP contribution < -0.4 is 0 Å². The van der Waals surface area contributed by atoms with Crippen LogP contribution in [0, 0.1) is 0 Å². The molecule has 0 unspecified atom stereocenters. The molecule has 0 atom stereocenters. The second-order valence-corrected chi connectivity index (χ2v) is 15.3. The average Bonchev–Trinajstić information content (AvgIpc) is 4.10. The molecule has 6 heteroatoms. The molecule has 0 bridgehead atoms. The van der Waals surface area contributed by atoms with Gasteiger partial charge >= 0.3 is 0 Å². The molecule has 0 saturated heterocycles. The molecule has 63 heavy (non-hydrogen) atoms. The average molecular weight is 814 g/mol. The van der Waals surface area contributed by atoms with Crippen molar-refractivity contribution in [3.8, 4) is 56.7 Å². The minimum Gasteiger partial charge on any atom is -0.455 e. The van der Waals surface area contributed by atoms with E-state index in [0.29, 0.717) is 39.7 Å². The van der Waals surface area contributed by atoms with E-state index in [-0.39, 0.29) is 97.8 Å². The topological polar surface area (TPSA) is 61.7 Å². The van der Waals surface area contributed by atoms with Gasteiger partial charge in [-0.25, -0.2) is 15.0 Å². The minimum atomic E-state index is -0.255. The van der Waals surface area contributed by atoms with E-state index in [1.165, 1.54) is 12.1 Å². The molecule has 6 nitrogen and oxygen atoms in total. The molecule has 4 aromatic heterocycles. The van der Waals surface area contributed by atoms with Crippen molar-refractivity contribution in [3.05, 3.63) is 212 Å². The fourth-order valence-electron chi connectivity index (χ4n) is 8.86. The molecule has 13 aromatic rings. The van der Waals surface area contributed by atoms with Gasteiger partial charge in [0.25, 0.3) is 0 Å². The first-order valence-electron chi connectivity index (χ1n) is 24.5. The molecule has 0 amide bonds. The van der Waals surface area contributed by atoms with Gasteiger partial charge in [0, 0.05) is 60.3 Å². The lowest BCUT2D eigenvalue weighted by molar-refractivity contribution is 0.670. The van der Waals surface area contributed by atoms with Crippen LogP contribution in [0.5, 0.6) is 0 Å². The van der Waals surface area contributed by atoms with Gasteiger partial charge in [-0.3, -0.25) is 0 Å². The lowest BCUT2D eigenvalue weighted by Crippen LogP contribution is -2.04. The van der Waals surface area contributed by atoms with Crippen molar-refractivity contribution in [2.24, 2.45) is 0 Å². The van der Waals surface area contributed by atoms with Gasteiger partial charge in [-0.2, -0.15) is 0 Å². The molecule has 294 valence electrons. The molecule has 4 heterocycles. The third kappa shape index (κ3) is 5.55. The summed E-state index contributed by atoms with van der Waals surface area (Å²) in [4.78, 5) is 15.3. The summed E-state index contributed by atoms with van der Waals surface area (Å²) in [5.74, 6) is 1.08. The second kappa shape index (κ2) is 14.0. The van der Waals surface area contributed by atoms with E-state index >= 15 is 0 Å². The summed E-state index contributed by atoms with van der Waals surface area (Å²) in [6.07, 6.45) is 0. The zero-order valence-corrected chi connectivity index (χ0v) is 33.2. The molecule has 0 spiro atoms. The van der Waals surface area contributed by atoms with Gasteiger partial charge in [-0.15, -0.1) is 0 Å². The molecule has 0 fully saturated rings. The maximum absolute atomic E-state index is 10.5. The fraction of sp³-hybridized carbons (Fsp3) is 0. The van der Waals surface area contributed by atoms with Crippen molar-refractivity contribution in [1.29, 1.82) is 0 Å². The molecule has 0 radical (unpaired) electrons. The molecule has 0 aliphatic carbocycles. The highest BCUT2D eigenvalue weighted by Crippen LogP contribution is 2.43. The standard InChI is InChI=1S/C57H35N5O/c1-4-17-36(18-5-1)55-58-56(37-19-6-2-7-20-37)60-57(59-55)45-32-31-38(40-26-16-27-44-43-25-12-15-30-53(43)63-54(40)44)33-50(45)62-49-29-14-11-24-42(49)47-34-46-41-23-10-13-28-48(41)61(51(46)35-52(47)62)39-21-8-3-9-22-39/h1-35H/i10D,11D,23D,24D,28D,29D,34D,35D. The van der Waals surface area contributed by atoms with Gasteiger partial charge < -0.3 is 13.6 Å². The molecule has 0 aliphatic rings. The molecular formula is C57H35N5O. The quantitative estimate of drug-likeness (QED) is 0.168. The number of hydrogen-bond acceptors (Lipinski definition) is 4. The Morgan fingerprint density at radius 3 is 1.68 bits per heavy atom. The Labute approximate surface area is 372 Å². The zero-order valence-electron chi connectivity index (χ0n) is 41.2. The molecule has 9 aromatic carbocycles. The van der Waals surface area contributed by atoms with Crippen molar-refractivity contribution >= 4 is 65.6 Å². The number of benzene rings is 9. The Kier molecular flexibility index (Phi) is 6.22. The van der Waals surface area contributed by atoms with Crippen LogP contribution in [0.4, 0.5) is 0 Å². The highest BCUT2D eigenvalue weighted by atomic mass is 16.3. The number of hydrogen-bond donors (Lipinski definition) is 0. The summed E-state index contributed by atoms with van der Waals surface area (Å²) >= 11 is 0. The summed E-state index contributed by atoms with van der Waals surface area (Å²) in [5, 5.41) is 2.37. The van der Waals surface area contributed by atoms with Crippen LogP contribution >= 0.6 is 0 Å². The first kappa shape index (κ1) is 28.0. The number of rotatable bonds is 6. The van der Waals surface area contributed by atoms with Gasteiger partial charge in [-0.05, 0) is 60.1 Å². The molecule has 0 saturated carbocycles. The summed E-state index contributed by atoms with van der Waals surface area (Å²) < 4.78 is 86.2. The van der Waals surface area contributed by atoms with Crippen molar-refractivity contribution in [3.63, 3.8) is 0 Å². The predicted molar refractivity (Wildman–Crippen MR) is 258 cm³/mol. The smallest absolute Gasteiger partial charge is 0.166 e. The van der Waals surface area contributed by atoms with Crippen molar-refractivity contribution in [2.75, 3.05) is 0 Å². The van der Waals surface area contributed by atoms with E-state index < -0.39 is 0 Å². The maximum Gasteiger partial charge on any atom is 0.166 e. The summed E-state index contributed by atoms with van der Waals surface area (Å²) in [6.45, 7) is 0.